The Hall–Kier alpha value is -1.06. The lowest BCUT2D eigenvalue weighted by atomic mass is 9.93. The zero-order valence-electron chi connectivity index (χ0n) is 15.1. The monoisotopic (exact) mass is 382 g/mol. The van der Waals surface area contributed by atoms with E-state index < -0.39 is 9.84 Å². The maximum Gasteiger partial charge on any atom is 0.153 e. The van der Waals surface area contributed by atoms with Gasteiger partial charge in [0, 0.05) is 44.2 Å². The molecule has 144 valence electrons. The molecule has 2 unspecified atom stereocenters. The van der Waals surface area contributed by atoms with Gasteiger partial charge in [-0.05, 0) is 24.2 Å². The quantitative estimate of drug-likeness (QED) is 0.786. The predicted molar refractivity (Wildman–Crippen MR) is 98.8 cm³/mol. The van der Waals surface area contributed by atoms with Crippen molar-refractivity contribution in [2.75, 3.05) is 44.2 Å². The fraction of sp³-hybridized carbons (Fsp3) is 0.667. The summed E-state index contributed by atoms with van der Waals surface area (Å²) < 4.78 is 38.1. The van der Waals surface area contributed by atoms with Crippen molar-refractivity contribution in [1.29, 1.82) is 0 Å². The van der Waals surface area contributed by atoms with Crippen molar-refractivity contribution in [3.8, 4) is 0 Å². The van der Waals surface area contributed by atoms with Crippen molar-refractivity contribution in [1.82, 2.24) is 20.7 Å². The smallest absolute Gasteiger partial charge is 0.153 e. The highest BCUT2D eigenvalue weighted by atomic mass is 32.2. The number of nitrogens with one attached hydrogen (secondary N) is 2. The number of sulfone groups is 1. The minimum atomic E-state index is -2.97. The van der Waals surface area contributed by atoms with E-state index in [-0.39, 0.29) is 41.4 Å². The van der Waals surface area contributed by atoms with E-state index in [1.165, 1.54) is 6.07 Å². The van der Waals surface area contributed by atoms with Crippen molar-refractivity contribution >= 4 is 9.84 Å². The van der Waals surface area contributed by atoms with Gasteiger partial charge in [-0.1, -0.05) is 19.1 Å². The highest BCUT2D eigenvalue weighted by molar-refractivity contribution is 7.91. The largest absolute Gasteiger partial charge is 0.297 e. The van der Waals surface area contributed by atoms with Crippen LogP contribution < -0.4 is 10.9 Å². The van der Waals surface area contributed by atoms with Crippen LogP contribution in [-0.2, 0) is 9.84 Å². The number of likely N-dealkylation sites (N-methyl/N-ethyl adjacent to an activating group) is 1. The number of fused-ring (bicyclic) bond motifs is 1. The standard InChI is InChI=1S/C18H27FN4O2S/c1-2-22-6-7-23(17-12-26(24,25)11-16(17)22)10-14-9-20-21-18(14)13-4-3-5-15(19)8-13/h3-5,8,14,16-18,20-21H,2,6-7,9-12H2,1H3/t14?,16-,17+,18?/m0/s1. The van der Waals surface area contributed by atoms with E-state index in [1.54, 1.807) is 12.1 Å². The third-order valence-electron chi connectivity index (χ3n) is 6.08. The Bertz CT molecular complexity index is 759. The summed E-state index contributed by atoms with van der Waals surface area (Å²) in [6.45, 7) is 6.39. The Morgan fingerprint density at radius 1 is 1.19 bits per heavy atom. The molecule has 3 heterocycles. The molecule has 0 bridgehead atoms. The molecule has 2 N–H and O–H groups in total. The van der Waals surface area contributed by atoms with Crippen LogP contribution in [0.4, 0.5) is 4.39 Å². The second-order valence-electron chi connectivity index (χ2n) is 7.65. The van der Waals surface area contributed by atoms with Gasteiger partial charge in [-0.2, -0.15) is 0 Å². The summed E-state index contributed by atoms with van der Waals surface area (Å²) in [5.41, 5.74) is 7.39. The average Bonchev–Trinajstić information content (AvgIpc) is 3.18. The van der Waals surface area contributed by atoms with Crippen molar-refractivity contribution in [2.45, 2.75) is 25.0 Å². The first-order chi connectivity index (χ1) is 12.5. The summed E-state index contributed by atoms with van der Waals surface area (Å²) >= 11 is 0. The van der Waals surface area contributed by atoms with Gasteiger partial charge >= 0.3 is 0 Å². The van der Waals surface area contributed by atoms with E-state index in [4.69, 9.17) is 0 Å². The van der Waals surface area contributed by atoms with Gasteiger partial charge in [0.1, 0.15) is 5.82 Å². The van der Waals surface area contributed by atoms with Gasteiger partial charge in [0.25, 0.3) is 0 Å². The van der Waals surface area contributed by atoms with Crippen molar-refractivity contribution in [3.63, 3.8) is 0 Å². The van der Waals surface area contributed by atoms with Crippen LogP contribution in [0, 0.1) is 11.7 Å². The van der Waals surface area contributed by atoms with Gasteiger partial charge < -0.3 is 0 Å². The molecule has 1 aromatic carbocycles. The SMILES string of the molecule is CCN1CCN(CC2CNNC2c2cccc(F)c2)[C@@H]2CS(=O)(=O)C[C@@H]21. The predicted octanol–water partition coefficient (Wildman–Crippen LogP) is 0.394. The van der Waals surface area contributed by atoms with Crippen LogP contribution in [0.15, 0.2) is 24.3 Å². The minimum absolute atomic E-state index is 0.0337. The summed E-state index contributed by atoms with van der Waals surface area (Å²) in [6.07, 6.45) is 0. The number of nitrogens with zero attached hydrogens (tertiary/aromatic N) is 2. The number of piperazine rings is 1. The molecule has 3 aliphatic heterocycles. The van der Waals surface area contributed by atoms with Crippen LogP contribution in [-0.4, -0.2) is 74.5 Å². The molecule has 3 saturated heterocycles. The topological polar surface area (TPSA) is 64.7 Å². The molecule has 0 saturated carbocycles. The first kappa shape index (κ1) is 18.3. The minimum Gasteiger partial charge on any atom is -0.297 e. The van der Waals surface area contributed by atoms with Crippen LogP contribution >= 0.6 is 0 Å². The van der Waals surface area contributed by atoms with Crippen LogP contribution in [0.1, 0.15) is 18.5 Å². The van der Waals surface area contributed by atoms with E-state index >= 15 is 0 Å². The number of benzene rings is 1. The molecule has 0 spiro atoms. The number of hydrazine groups is 1. The number of halogens is 1. The van der Waals surface area contributed by atoms with Crippen LogP contribution in [0.2, 0.25) is 0 Å². The van der Waals surface area contributed by atoms with E-state index in [2.05, 4.69) is 27.6 Å². The van der Waals surface area contributed by atoms with Crippen LogP contribution in [0.5, 0.6) is 0 Å². The third-order valence-corrected chi connectivity index (χ3v) is 7.78. The Kier molecular flexibility index (Phi) is 5.04. The molecular formula is C18H27FN4O2S. The van der Waals surface area contributed by atoms with Gasteiger partial charge in [0.15, 0.2) is 9.84 Å². The Morgan fingerprint density at radius 2 is 1.92 bits per heavy atom. The number of rotatable bonds is 4. The lowest BCUT2D eigenvalue weighted by molar-refractivity contribution is 0.0385. The summed E-state index contributed by atoms with van der Waals surface area (Å²) in [5, 5.41) is 0. The lowest BCUT2D eigenvalue weighted by Crippen LogP contribution is -2.59. The molecule has 3 fully saturated rings. The molecule has 0 amide bonds. The second kappa shape index (κ2) is 7.16. The van der Waals surface area contributed by atoms with Crippen LogP contribution in [0.25, 0.3) is 0 Å². The molecule has 6 nitrogen and oxygen atoms in total. The third kappa shape index (κ3) is 3.53. The van der Waals surface area contributed by atoms with Gasteiger partial charge in [-0.15, -0.1) is 0 Å². The summed E-state index contributed by atoms with van der Waals surface area (Å²) in [7, 11) is -2.97. The molecule has 0 aromatic heterocycles. The fourth-order valence-electron chi connectivity index (χ4n) is 4.78. The van der Waals surface area contributed by atoms with Gasteiger partial charge in [0.05, 0.1) is 17.5 Å². The van der Waals surface area contributed by atoms with E-state index in [0.29, 0.717) is 0 Å². The van der Waals surface area contributed by atoms with Crippen molar-refractivity contribution in [3.05, 3.63) is 35.6 Å². The summed E-state index contributed by atoms with van der Waals surface area (Å²) in [5.74, 6) is 0.575. The zero-order chi connectivity index (χ0) is 18.3. The summed E-state index contributed by atoms with van der Waals surface area (Å²) in [4.78, 5) is 4.66. The van der Waals surface area contributed by atoms with Crippen LogP contribution in [0.3, 0.4) is 0 Å². The molecule has 0 radical (unpaired) electrons. The Balaban J connectivity index is 1.51. The normalized spacial score (nSPS) is 34.8. The maximum absolute atomic E-state index is 13.6. The highest BCUT2D eigenvalue weighted by Gasteiger charge is 2.47. The molecule has 3 aliphatic rings. The molecule has 1 aromatic rings. The molecule has 0 aliphatic carbocycles. The number of hydrogen-bond acceptors (Lipinski definition) is 6. The fourth-order valence-corrected chi connectivity index (χ4v) is 6.82. The molecule has 4 atom stereocenters. The van der Waals surface area contributed by atoms with Gasteiger partial charge in [-0.3, -0.25) is 15.2 Å². The second-order valence-corrected chi connectivity index (χ2v) is 9.81. The highest BCUT2D eigenvalue weighted by Crippen LogP contribution is 2.31. The first-order valence-electron chi connectivity index (χ1n) is 9.39. The number of hydrogen-bond donors (Lipinski definition) is 2. The lowest BCUT2D eigenvalue weighted by Gasteiger charge is -2.44. The van der Waals surface area contributed by atoms with Crippen molar-refractivity contribution < 1.29 is 12.8 Å². The Morgan fingerprint density at radius 3 is 2.65 bits per heavy atom. The first-order valence-corrected chi connectivity index (χ1v) is 11.2. The van der Waals surface area contributed by atoms with Crippen molar-refractivity contribution in [2.24, 2.45) is 5.92 Å². The zero-order valence-corrected chi connectivity index (χ0v) is 15.9. The molecular weight excluding hydrogens is 355 g/mol. The molecule has 26 heavy (non-hydrogen) atoms. The van der Waals surface area contributed by atoms with Gasteiger partial charge in [-0.25, -0.2) is 18.2 Å². The molecule has 4 rings (SSSR count). The Labute approximate surface area is 154 Å². The average molecular weight is 383 g/mol. The van der Waals surface area contributed by atoms with E-state index in [9.17, 15) is 12.8 Å². The maximum atomic E-state index is 13.6. The summed E-state index contributed by atoms with van der Waals surface area (Å²) in [6, 6.07) is 6.93. The van der Waals surface area contributed by atoms with E-state index in [1.807, 2.05) is 6.07 Å². The van der Waals surface area contributed by atoms with Gasteiger partial charge in [0.2, 0.25) is 0 Å². The van der Waals surface area contributed by atoms with E-state index in [0.717, 1.165) is 38.3 Å². The molecule has 8 heteroatoms.